The fraction of sp³-hybridized carbons (Fsp3) is 0.722. The number of aromatic nitrogens is 4. The highest BCUT2D eigenvalue weighted by Gasteiger charge is 2.51. The van der Waals surface area contributed by atoms with Crippen molar-refractivity contribution in [2.75, 3.05) is 18.1 Å². The zero-order valence-electron chi connectivity index (χ0n) is 19.1. The molecule has 2 aromatic rings. The topological polar surface area (TPSA) is 132 Å². The van der Waals surface area contributed by atoms with Crippen LogP contribution in [-0.2, 0) is 13.7 Å². The summed E-state index contributed by atoms with van der Waals surface area (Å²) in [7, 11) is -2.27. The maximum absolute atomic E-state index is 12.1. The lowest BCUT2D eigenvalue weighted by atomic mass is 10.1. The molecule has 185 valence electrons. The second-order valence-electron chi connectivity index (χ2n) is 9.54. The van der Waals surface area contributed by atoms with E-state index in [1.807, 2.05) is 0 Å². The third kappa shape index (κ3) is 5.14. The maximum atomic E-state index is 12.1. The van der Waals surface area contributed by atoms with Gasteiger partial charge in [0.1, 0.15) is 23.4 Å². The van der Waals surface area contributed by atoms with Crippen molar-refractivity contribution in [1.29, 1.82) is 0 Å². The molecule has 4 heterocycles. The molecule has 0 amide bonds. The number of imidazole rings is 1. The van der Waals surface area contributed by atoms with Crippen LogP contribution in [-0.4, -0.2) is 74.5 Å². The Kier molecular flexibility index (Phi) is 7.25. The van der Waals surface area contributed by atoms with Crippen molar-refractivity contribution >= 4 is 59.6 Å². The Morgan fingerprint density at radius 2 is 2.06 bits per heavy atom. The first-order valence-corrected chi connectivity index (χ1v) is 19.5. The Morgan fingerprint density at radius 1 is 1.39 bits per heavy atom. The average molecular weight is 554 g/mol. The minimum Gasteiger partial charge on any atom is -0.480 e. The largest absolute Gasteiger partial charge is 0.480 e. The van der Waals surface area contributed by atoms with E-state index in [9.17, 15) is 15.0 Å². The number of aliphatic hydroxyl groups is 1. The molecular weight excluding hydrogens is 523 g/mol. The number of aliphatic hydroxyl groups excluding tert-OH is 1. The summed E-state index contributed by atoms with van der Waals surface area (Å²) in [5, 5.41) is 19.1. The summed E-state index contributed by atoms with van der Waals surface area (Å²) in [6, 6.07) is -0.534. The molecular formula is C18H30N4O6PS3Si. The highest BCUT2D eigenvalue weighted by Crippen LogP contribution is 2.87. The van der Waals surface area contributed by atoms with Crippen LogP contribution in [0.3, 0.4) is 0 Å². The molecule has 15 heteroatoms. The van der Waals surface area contributed by atoms with Gasteiger partial charge in [0.25, 0.3) is 11.6 Å². The second-order valence-corrected chi connectivity index (χ2v) is 25.5. The number of nitrogens with one attached hydrogen (secondary N) is 1. The van der Waals surface area contributed by atoms with E-state index in [2.05, 4.69) is 48.8 Å². The van der Waals surface area contributed by atoms with Gasteiger partial charge in [-0.3, -0.25) is 14.3 Å². The zero-order chi connectivity index (χ0) is 24.2. The second kappa shape index (κ2) is 9.29. The van der Waals surface area contributed by atoms with Crippen LogP contribution >= 0.6 is 40.1 Å². The van der Waals surface area contributed by atoms with E-state index in [0.717, 1.165) is 11.5 Å². The van der Waals surface area contributed by atoms with E-state index in [1.165, 1.54) is 10.9 Å². The van der Waals surface area contributed by atoms with Crippen molar-refractivity contribution in [2.45, 2.75) is 63.4 Å². The maximum Gasteiger partial charge on any atom is 0.296 e. The summed E-state index contributed by atoms with van der Waals surface area (Å²) in [5.74, 6) is 1.99. The fourth-order valence-corrected chi connectivity index (χ4v) is 13.8. The minimum atomic E-state index is -2.27. The number of rotatable bonds is 6. The number of fused-ring (bicyclic) bond motifs is 1. The van der Waals surface area contributed by atoms with Gasteiger partial charge in [-0.25, -0.2) is 4.98 Å². The van der Waals surface area contributed by atoms with Crippen molar-refractivity contribution in [3.63, 3.8) is 0 Å². The molecule has 0 aliphatic carbocycles. The highest BCUT2D eigenvalue weighted by atomic mass is 33.4. The van der Waals surface area contributed by atoms with Crippen LogP contribution in [0.4, 0.5) is 0 Å². The molecule has 2 fully saturated rings. The quantitative estimate of drug-likeness (QED) is 0.239. The molecule has 0 aromatic carbocycles. The number of hydrogen-bond donors (Lipinski definition) is 4. The Labute approximate surface area is 206 Å². The molecule has 1 radical (unpaired) electrons. The molecule has 2 aromatic heterocycles. The van der Waals surface area contributed by atoms with Gasteiger partial charge >= 0.3 is 0 Å². The van der Waals surface area contributed by atoms with Crippen LogP contribution in [0.25, 0.3) is 11.2 Å². The minimum absolute atomic E-state index is 0.0455. The SMILES string of the molecule is CC(C)(C)[Si](C)(C)O[C@H]1[C@@H](O)[C@H](n2cnc3c(=O)[nH]c(O)nc32)O[C@@H]1CO[P]1(S)SCCS1. The normalized spacial score (nSPS) is 28.1. The van der Waals surface area contributed by atoms with Crippen LogP contribution < -0.4 is 5.56 Å². The highest BCUT2D eigenvalue weighted by molar-refractivity contribution is 9.15. The predicted octanol–water partition coefficient (Wildman–Crippen LogP) is 3.58. The van der Waals surface area contributed by atoms with Crippen LogP contribution in [0.1, 0.15) is 27.0 Å². The van der Waals surface area contributed by atoms with Crippen LogP contribution in [0.2, 0.25) is 18.1 Å². The van der Waals surface area contributed by atoms with E-state index < -0.39 is 49.5 Å². The molecule has 0 bridgehead atoms. The first-order chi connectivity index (χ1) is 15.3. The van der Waals surface area contributed by atoms with Crippen molar-refractivity contribution in [3.05, 3.63) is 16.7 Å². The molecule has 0 saturated carbocycles. The summed E-state index contributed by atoms with van der Waals surface area (Å²) in [6.45, 7) is 10.8. The average Bonchev–Trinajstić information content (AvgIpc) is 3.39. The molecule has 4 rings (SSSR count). The number of ether oxygens (including phenoxy) is 1. The third-order valence-corrected chi connectivity index (χ3v) is 20.9. The van der Waals surface area contributed by atoms with E-state index in [-0.39, 0.29) is 22.8 Å². The Morgan fingerprint density at radius 3 is 2.70 bits per heavy atom. The van der Waals surface area contributed by atoms with Crippen LogP contribution in [0, 0.1) is 0 Å². The molecule has 4 atom stereocenters. The van der Waals surface area contributed by atoms with Crippen molar-refractivity contribution < 1.29 is 23.9 Å². The molecule has 33 heavy (non-hydrogen) atoms. The van der Waals surface area contributed by atoms with Crippen LogP contribution in [0.15, 0.2) is 11.1 Å². The van der Waals surface area contributed by atoms with Crippen molar-refractivity contribution in [2.24, 2.45) is 0 Å². The summed E-state index contributed by atoms with van der Waals surface area (Å²) in [6.07, 6.45) is -1.81. The Balaban J connectivity index is 1.65. The van der Waals surface area contributed by atoms with Gasteiger partial charge in [-0.15, -0.1) is 12.2 Å². The number of nitrogens with zero attached hydrogens (tertiary/aromatic N) is 3. The number of aromatic hydroxyl groups is 1. The molecule has 0 spiro atoms. The van der Waals surface area contributed by atoms with E-state index >= 15 is 0 Å². The number of aromatic amines is 1. The molecule has 2 aliphatic heterocycles. The van der Waals surface area contributed by atoms with Gasteiger partial charge in [-0.1, -0.05) is 43.5 Å². The molecule has 2 aliphatic rings. The lowest BCUT2D eigenvalue weighted by molar-refractivity contribution is -0.0456. The van der Waals surface area contributed by atoms with Crippen molar-refractivity contribution in [3.8, 4) is 6.01 Å². The summed E-state index contributed by atoms with van der Waals surface area (Å²) >= 11 is 8.22. The standard InChI is InChI=1S/C18H30N4O6PS3Si/c1-18(2,3)33(4,5)28-13-10(8-26-29(30)31-6-7-32-29)27-16(12(13)23)22-9-19-11-14(22)20-17(25)21-15(11)24/h9-10,12-13,16,23,30H,6-8H2,1-5H3,(H2,20,21,24,25)/t10-,12-,13-,16-/m1/s1. The molecule has 3 N–H and O–H groups in total. The van der Waals surface area contributed by atoms with Gasteiger partial charge in [0.05, 0.1) is 12.9 Å². The monoisotopic (exact) mass is 553 g/mol. The van der Waals surface area contributed by atoms with Gasteiger partial charge < -0.3 is 23.9 Å². The lowest BCUT2D eigenvalue weighted by Gasteiger charge is -2.40. The molecule has 0 unspecified atom stereocenters. The fourth-order valence-electron chi connectivity index (χ4n) is 3.43. The first-order valence-electron chi connectivity index (χ1n) is 10.5. The molecule has 10 nitrogen and oxygen atoms in total. The first kappa shape index (κ1) is 25.8. The smallest absolute Gasteiger partial charge is 0.296 e. The zero-order valence-corrected chi connectivity index (χ0v) is 23.5. The van der Waals surface area contributed by atoms with Gasteiger partial charge in [0.15, 0.2) is 25.7 Å². The van der Waals surface area contributed by atoms with E-state index in [4.69, 9.17) is 25.9 Å². The van der Waals surface area contributed by atoms with Crippen molar-refractivity contribution in [1.82, 2.24) is 19.5 Å². The predicted molar refractivity (Wildman–Crippen MR) is 139 cm³/mol. The van der Waals surface area contributed by atoms with Crippen LogP contribution in [0.5, 0.6) is 6.01 Å². The summed E-state index contributed by atoms with van der Waals surface area (Å²) in [4.78, 5) is 22.4. The number of hydrogen-bond acceptors (Lipinski definition) is 11. The molecule has 2 saturated heterocycles. The summed E-state index contributed by atoms with van der Waals surface area (Å²) < 4.78 is 20.5. The number of thiol groups is 1. The van der Waals surface area contributed by atoms with E-state index in [1.54, 1.807) is 22.8 Å². The van der Waals surface area contributed by atoms with Gasteiger partial charge in [0, 0.05) is 11.5 Å². The van der Waals surface area contributed by atoms with E-state index in [0.29, 0.717) is 0 Å². The van der Waals surface area contributed by atoms with Gasteiger partial charge in [-0.05, 0) is 18.1 Å². The third-order valence-electron chi connectivity index (χ3n) is 6.23. The Bertz CT molecular complexity index is 1070. The Hall–Kier alpha value is -0.313. The van der Waals surface area contributed by atoms with Gasteiger partial charge in [0.2, 0.25) is 0 Å². The van der Waals surface area contributed by atoms with Gasteiger partial charge in [-0.2, -0.15) is 4.98 Å². The number of H-pyrrole nitrogens is 1. The lowest BCUT2D eigenvalue weighted by Crippen LogP contribution is -2.49. The summed E-state index contributed by atoms with van der Waals surface area (Å²) in [5.41, 5.74) is -0.410.